The van der Waals surface area contributed by atoms with Crippen LogP contribution in [0.4, 0.5) is 0 Å². The predicted octanol–water partition coefficient (Wildman–Crippen LogP) is 1.11. The molecule has 17 heavy (non-hydrogen) atoms. The molecule has 0 saturated heterocycles. The number of rotatable bonds is 3. The molecular weight excluding hydrogens is 246 g/mol. The molecule has 1 aliphatic rings. The standard InChI is InChI=1S/C11H14ClNO4/c1-15-10-6(12)4-8-11(17-3-2-16-8)9(10)7(14)5-13/h4,7,14H,2-3,5,13H2,1H3. The first-order chi connectivity index (χ1) is 8.19. The fourth-order valence-electron chi connectivity index (χ4n) is 1.79. The van der Waals surface area contributed by atoms with Gasteiger partial charge in [0.25, 0.3) is 0 Å². The molecule has 5 nitrogen and oxygen atoms in total. The van der Waals surface area contributed by atoms with E-state index in [1.54, 1.807) is 6.07 Å². The maximum Gasteiger partial charge on any atom is 0.171 e. The van der Waals surface area contributed by atoms with E-state index in [1.165, 1.54) is 7.11 Å². The van der Waals surface area contributed by atoms with Gasteiger partial charge in [0, 0.05) is 12.6 Å². The van der Waals surface area contributed by atoms with Crippen LogP contribution < -0.4 is 19.9 Å². The minimum Gasteiger partial charge on any atom is -0.495 e. The molecular formula is C11H14ClNO4. The quantitative estimate of drug-likeness (QED) is 0.851. The van der Waals surface area contributed by atoms with Crippen molar-refractivity contribution in [3.63, 3.8) is 0 Å². The van der Waals surface area contributed by atoms with Crippen molar-refractivity contribution in [3.8, 4) is 17.2 Å². The normalized spacial score (nSPS) is 15.5. The number of aliphatic hydroxyl groups is 1. The number of benzene rings is 1. The topological polar surface area (TPSA) is 73.9 Å². The average Bonchev–Trinajstić information content (AvgIpc) is 2.36. The van der Waals surface area contributed by atoms with Gasteiger partial charge in [0.1, 0.15) is 19.0 Å². The van der Waals surface area contributed by atoms with Gasteiger partial charge >= 0.3 is 0 Å². The minimum atomic E-state index is -0.904. The Labute approximate surface area is 104 Å². The molecule has 94 valence electrons. The monoisotopic (exact) mass is 259 g/mol. The van der Waals surface area contributed by atoms with E-state index in [4.69, 9.17) is 31.5 Å². The van der Waals surface area contributed by atoms with Gasteiger partial charge in [0.2, 0.25) is 0 Å². The SMILES string of the molecule is COc1c(Cl)cc2c(c1C(O)CN)OCCO2. The maximum atomic E-state index is 9.92. The molecule has 1 heterocycles. The van der Waals surface area contributed by atoms with Crippen molar-refractivity contribution in [1.29, 1.82) is 0 Å². The molecule has 2 rings (SSSR count). The van der Waals surface area contributed by atoms with Gasteiger partial charge in [-0.1, -0.05) is 11.6 Å². The number of halogens is 1. The lowest BCUT2D eigenvalue weighted by atomic mass is 10.1. The van der Waals surface area contributed by atoms with Crippen molar-refractivity contribution in [2.24, 2.45) is 5.73 Å². The number of methoxy groups -OCH3 is 1. The van der Waals surface area contributed by atoms with Gasteiger partial charge in [0.15, 0.2) is 11.5 Å². The molecule has 1 unspecified atom stereocenters. The number of ether oxygens (including phenoxy) is 3. The van der Waals surface area contributed by atoms with Crippen molar-refractivity contribution in [2.75, 3.05) is 26.9 Å². The molecule has 1 aliphatic heterocycles. The number of fused-ring (bicyclic) bond motifs is 1. The van der Waals surface area contributed by atoms with Crippen LogP contribution in [0, 0.1) is 0 Å². The molecule has 1 aromatic carbocycles. The minimum absolute atomic E-state index is 0.0481. The number of hydrogen-bond donors (Lipinski definition) is 2. The zero-order valence-electron chi connectivity index (χ0n) is 9.40. The second kappa shape index (κ2) is 5.00. The molecule has 0 spiro atoms. The first kappa shape index (κ1) is 12.3. The number of aliphatic hydroxyl groups excluding tert-OH is 1. The summed E-state index contributed by atoms with van der Waals surface area (Å²) in [5.41, 5.74) is 5.91. The average molecular weight is 260 g/mol. The summed E-state index contributed by atoms with van der Waals surface area (Å²) in [6.45, 7) is 0.919. The summed E-state index contributed by atoms with van der Waals surface area (Å²) in [7, 11) is 1.48. The van der Waals surface area contributed by atoms with E-state index in [2.05, 4.69) is 0 Å². The zero-order chi connectivity index (χ0) is 12.4. The molecule has 0 radical (unpaired) electrons. The largest absolute Gasteiger partial charge is 0.495 e. The first-order valence-electron chi connectivity index (χ1n) is 5.23. The van der Waals surface area contributed by atoms with Crippen LogP contribution in [0.25, 0.3) is 0 Å². The molecule has 0 bridgehead atoms. The third kappa shape index (κ3) is 2.13. The van der Waals surface area contributed by atoms with E-state index in [0.717, 1.165) is 0 Å². The maximum absolute atomic E-state index is 9.92. The van der Waals surface area contributed by atoms with Crippen molar-refractivity contribution in [1.82, 2.24) is 0 Å². The van der Waals surface area contributed by atoms with Crippen molar-refractivity contribution >= 4 is 11.6 Å². The molecule has 6 heteroatoms. The van der Waals surface area contributed by atoms with Gasteiger partial charge in [0.05, 0.1) is 23.8 Å². The lowest BCUT2D eigenvalue weighted by Gasteiger charge is -2.25. The van der Waals surface area contributed by atoms with Crippen LogP contribution in [-0.2, 0) is 0 Å². The first-order valence-corrected chi connectivity index (χ1v) is 5.61. The van der Waals surface area contributed by atoms with Crippen LogP contribution >= 0.6 is 11.6 Å². The van der Waals surface area contributed by atoms with E-state index >= 15 is 0 Å². The Balaban J connectivity index is 2.61. The summed E-state index contributed by atoms with van der Waals surface area (Å²) in [4.78, 5) is 0. The van der Waals surface area contributed by atoms with Gasteiger partial charge in [-0.2, -0.15) is 0 Å². The van der Waals surface area contributed by atoms with E-state index < -0.39 is 6.10 Å². The molecule has 3 N–H and O–H groups in total. The van der Waals surface area contributed by atoms with Crippen LogP contribution in [0.2, 0.25) is 5.02 Å². The van der Waals surface area contributed by atoms with Gasteiger partial charge in [-0.15, -0.1) is 0 Å². The Morgan fingerprint density at radius 3 is 2.88 bits per heavy atom. The van der Waals surface area contributed by atoms with E-state index in [1.807, 2.05) is 0 Å². The predicted molar refractivity (Wildman–Crippen MR) is 63.0 cm³/mol. The summed E-state index contributed by atoms with van der Waals surface area (Å²) in [6.07, 6.45) is -0.904. The van der Waals surface area contributed by atoms with Gasteiger partial charge in [-0.05, 0) is 0 Å². The van der Waals surface area contributed by atoms with Crippen molar-refractivity contribution < 1.29 is 19.3 Å². The summed E-state index contributed by atoms with van der Waals surface area (Å²) >= 11 is 6.06. The van der Waals surface area contributed by atoms with Gasteiger partial charge in [-0.3, -0.25) is 0 Å². The Kier molecular flexibility index (Phi) is 3.61. The molecule has 0 amide bonds. The summed E-state index contributed by atoms with van der Waals surface area (Å²) < 4.78 is 16.1. The summed E-state index contributed by atoms with van der Waals surface area (Å²) in [5, 5.41) is 10.3. The summed E-state index contributed by atoms with van der Waals surface area (Å²) in [5.74, 6) is 1.33. The fourth-order valence-corrected chi connectivity index (χ4v) is 2.07. The highest BCUT2D eigenvalue weighted by atomic mass is 35.5. The Morgan fingerprint density at radius 1 is 1.53 bits per heavy atom. The second-order valence-electron chi connectivity index (χ2n) is 3.58. The number of nitrogens with two attached hydrogens (primary N) is 1. The third-order valence-corrected chi connectivity index (χ3v) is 2.82. The lowest BCUT2D eigenvalue weighted by molar-refractivity contribution is 0.146. The van der Waals surface area contributed by atoms with E-state index in [9.17, 15) is 5.11 Å². The Bertz CT molecular complexity index is 424. The van der Waals surface area contributed by atoms with E-state index in [-0.39, 0.29) is 6.54 Å². The highest BCUT2D eigenvalue weighted by Gasteiger charge is 2.27. The third-order valence-electron chi connectivity index (χ3n) is 2.54. The van der Waals surface area contributed by atoms with Crippen molar-refractivity contribution in [2.45, 2.75) is 6.10 Å². The smallest absolute Gasteiger partial charge is 0.171 e. The van der Waals surface area contributed by atoms with Gasteiger partial charge in [-0.25, -0.2) is 0 Å². The molecule has 1 aromatic rings. The fraction of sp³-hybridized carbons (Fsp3) is 0.455. The molecule has 0 aromatic heterocycles. The number of hydrogen-bond acceptors (Lipinski definition) is 5. The zero-order valence-corrected chi connectivity index (χ0v) is 10.2. The van der Waals surface area contributed by atoms with Crippen LogP contribution in [0.3, 0.4) is 0 Å². The van der Waals surface area contributed by atoms with Crippen molar-refractivity contribution in [3.05, 3.63) is 16.7 Å². The van der Waals surface area contributed by atoms with Crippen LogP contribution in [0.1, 0.15) is 11.7 Å². The molecule has 0 saturated carbocycles. The van der Waals surface area contributed by atoms with Gasteiger partial charge < -0.3 is 25.1 Å². The second-order valence-corrected chi connectivity index (χ2v) is 3.99. The Hall–Kier alpha value is -1.17. The molecule has 0 fully saturated rings. The Morgan fingerprint density at radius 2 is 2.24 bits per heavy atom. The van der Waals surface area contributed by atoms with Crippen LogP contribution in [0.15, 0.2) is 6.07 Å². The van der Waals surface area contributed by atoms with Crippen LogP contribution in [-0.4, -0.2) is 32.0 Å². The van der Waals surface area contributed by atoms with E-state index in [0.29, 0.717) is 41.0 Å². The highest BCUT2D eigenvalue weighted by Crippen LogP contribution is 2.46. The highest BCUT2D eigenvalue weighted by molar-refractivity contribution is 6.32. The molecule has 1 atom stereocenters. The molecule has 0 aliphatic carbocycles. The lowest BCUT2D eigenvalue weighted by Crippen LogP contribution is -2.20. The summed E-state index contributed by atoms with van der Waals surface area (Å²) in [6, 6.07) is 1.61. The van der Waals surface area contributed by atoms with Crippen LogP contribution in [0.5, 0.6) is 17.2 Å².